The summed E-state index contributed by atoms with van der Waals surface area (Å²) in [5, 5.41) is 16.4. The number of aliphatic hydroxyl groups excluding tert-OH is 1. The van der Waals surface area contributed by atoms with Gasteiger partial charge in [0.1, 0.15) is 11.4 Å². The standard InChI is InChI=1S/C33H31N2O.C13H24O2.Ir/c1-19(2)15-21-11-12-22-13-14-26-29-30(34-20(3)35-32(29)36-31(26)27(22)16-21)24-17-23-9-7-8-10-25(23)28(18-24)33(4,5)6;1-5-10(6-2)12(14)9-13(15)11(7-3)8-4;/h7-14,16,18-19H,15H2,1-6H3;9-11,14H,5-8H2,1-4H3;/q-1;;/b;12-9-;. The quantitative estimate of drug-likeness (QED) is 0.0843. The minimum absolute atomic E-state index is 0. The number of hydrogen-bond donors (Lipinski definition) is 1. The van der Waals surface area contributed by atoms with Crippen molar-refractivity contribution in [1.29, 1.82) is 0 Å². The first-order valence-electron chi connectivity index (χ1n) is 18.8. The SMILES string of the molecule is CCC(CC)C(=O)/C=C(\O)C(CC)CC.Cc1nc(-c2[c-]c3ccccc3c(C(C)(C)C)c2)c2c(n1)oc1c3cc(CC(C)C)ccc3ccc12.[Ir]. The number of rotatable bonds is 10. The summed E-state index contributed by atoms with van der Waals surface area (Å²) >= 11 is 0. The molecule has 1 radical (unpaired) electrons. The molecular formula is C46H55IrN2O3-. The van der Waals surface area contributed by atoms with Gasteiger partial charge in [-0.3, -0.25) is 9.78 Å². The average molecular weight is 876 g/mol. The van der Waals surface area contributed by atoms with Crippen LogP contribution in [0.3, 0.4) is 0 Å². The van der Waals surface area contributed by atoms with Crippen LogP contribution >= 0.6 is 0 Å². The average Bonchev–Trinajstić information content (AvgIpc) is 3.47. The Kier molecular flexibility index (Phi) is 13.6. The smallest absolute Gasteiger partial charge is 0.223 e. The van der Waals surface area contributed by atoms with Gasteiger partial charge in [0.05, 0.1) is 5.76 Å². The van der Waals surface area contributed by atoms with Gasteiger partial charge in [-0.15, -0.1) is 29.1 Å². The van der Waals surface area contributed by atoms with Gasteiger partial charge in [-0.1, -0.05) is 116 Å². The number of fused-ring (bicyclic) bond motifs is 6. The minimum Gasteiger partial charge on any atom is -0.512 e. The molecule has 4 aromatic carbocycles. The number of carbonyl (C=O) groups is 1. The Morgan fingerprint density at radius 3 is 2.15 bits per heavy atom. The number of carbonyl (C=O) groups excluding carboxylic acids is 1. The van der Waals surface area contributed by atoms with Crippen molar-refractivity contribution in [2.75, 3.05) is 0 Å². The van der Waals surface area contributed by atoms with E-state index in [1.807, 2.05) is 34.6 Å². The van der Waals surface area contributed by atoms with Crippen LogP contribution in [0.15, 0.2) is 76.9 Å². The number of aryl methyl sites for hydroxylation is 1. The largest absolute Gasteiger partial charge is 0.512 e. The summed E-state index contributed by atoms with van der Waals surface area (Å²) in [6.07, 6.45) is 5.95. The topological polar surface area (TPSA) is 76.2 Å². The van der Waals surface area contributed by atoms with E-state index in [9.17, 15) is 9.90 Å². The number of aliphatic hydroxyl groups is 1. The fourth-order valence-corrected chi connectivity index (χ4v) is 7.16. The minimum atomic E-state index is -0.0217. The molecule has 0 amide bonds. The van der Waals surface area contributed by atoms with E-state index in [0.29, 0.717) is 17.5 Å². The molecule has 0 unspecified atom stereocenters. The molecule has 0 saturated carbocycles. The predicted molar refractivity (Wildman–Crippen MR) is 214 cm³/mol. The van der Waals surface area contributed by atoms with Crippen molar-refractivity contribution in [2.24, 2.45) is 17.8 Å². The fourth-order valence-electron chi connectivity index (χ4n) is 7.16. The van der Waals surface area contributed by atoms with Gasteiger partial charge in [0.25, 0.3) is 0 Å². The predicted octanol–water partition coefficient (Wildman–Crippen LogP) is 12.8. The molecule has 277 valence electrons. The van der Waals surface area contributed by atoms with E-state index < -0.39 is 0 Å². The molecule has 6 rings (SSSR count). The van der Waals surface area contributed by atoms with E-state index in [2.05, 4.69) is 101 Å². The molecule has 0 aliphatic carbocycles. The van der Waals surface area contributed by atoms with Crippen LogP contribution in [0.5, 0.6) is 0 Å². The summed E-state index contributed by atoms with van der Waals surface area (Å²) in [5.41, 5.74) is 5.96. The Labute approximate surface area is 323 Å². The van der Waals surface area contributed by atoms with Gasteiger partial charge in [0.15, 0.2) is 5.78 Å². The van der Waals surface area contributed by atoms with Crippen molar-refractivity contribution in [1.82, 2.24) is 9.97 Å². The van der Waals surface area contributed by atoms with E-state index in [-0.39, 0.29) is 48.9 Å². The third-order valence-corrected chi connectivity index (χ3v) is 10.1. The van der Waals surface area contributed by atoms with Crippen LogP contribution in [0.2, 0.25) is 0 Å². The van der Waals surface area contributed by atoms with Crippen LogP contribution < -0.4 is 0 Å². The van der Waals surface area contributed by atoms with Crippen molar-refractivity contribution in [3.8, 4) is 11.3 Å². The van der Waals surface area contributed by atoms with E-state index in [1.165, 1.54) is 28.0 Å². The van der Waals surface area contributed by atoms with Gasteiger partial charge in [0, 0.05) is 59.9 Å². The normalized spacial score (nSPS) is 12.3. The number of ketones is 1. The zero-order valence-electron chi connectivity index (χ0n) is 32.6. The maximum Gasteiger partial charge on any atom is 0.223 e. The first-order valence-corrected chi connectivity index (χ1v) is 18.8. The van der Waals surface area contributed by atoms with E-state index in [0.717, 1.165) is 70.5 Å². The number of hydrogen-bond acceptors (Lipinski definition) is 5. The van der Waals surface area contributed by atoms with Crippen LogP contribution in [0, 0.1) is 30.7 Å². The Hall–Kier alpha value is -3.86. The molecule has 0 bridgehead atoms. The van der Waals surface area contributed by atoms with Crippen molar-refractivity contribution < 1.29 is 34.4 Å². The number of aromatic nitrogens is 2. The first-order chi connectivity index (χ1) is 24.3. The van der Waals surface area contributed by atoms with Gasteiger partial charge >= 0.3 is 0 Å². The molecule has 2 aromatic heterocycles. The number of benzene rings is 4. The van der Waals surface area contributed by atoms with Gasteiger partial charge in [-0.05, 0) is 67.4 Å². The molecule has 0 saturated heterocycles. The zero-order valence-corrected chi connectivity index (χ0v) is 35.0. The van der Waals surface area contributed by atoms with Gasteiger partial charge in [0.2, 0.25) is 5.71 Å². The molecule has 2 heterocycles. The molecule has 0 fully saturated rings. The monoisotopic (exact) mass is 876 g/mol. The summed E-state index contributed by atoms with van der Waals surface area (Å²) < 4.78 is 6.49. The van der Waals surface area contributed by atoms with Crippen molar-refractivity contribution in [2.45, 2.75) is 107 Å². The number of furan rings is 1. The van der Waals surface area contributed by atoms with Crippen LogP contribution in [0.4, 0.5) is 0 Å². The summed E-state index contributed by atoms with van der Waals surface area (Å²) in [6.45, 7) is 21.3. The second-order valence-electron chi connectivity index (χ2n) is 15.4. The number of nitrogens with zero attached hydrogens (tertiary/aromatic N) is 2. The maximum atomic E-state index is 11.7. The van der Waals surface area contributed by atoms with E-state index in [4.69, 9.17) is 14.4 Å². The van der Waals surface area contributed by atoms with E-state index in [1.54, 1.807) is 0 Å². The second-order valence-corrected chi connectivity index (χ2v) is 15.4. The van der Waals surface area contributed by atoms with Crippen molar-refractivity contribution >= 4 is 49.4 Å². The Morgan fingerprint density at radius 1 is 0.865 bits per heavy atom. The molecule has 6 aromatic rings. The Balaban J connectivity index is 0.000000323. The van der Waals surface area contributed by atoms with Crippen LogP contribution in [-0.2, 0) is 36.7 Å². The summed E-state index contributed by atoms with van der Waals surface area (Å²) in [4.78, 5) is 21.4. The molecule has 0 aliphatic heterocycles. The molecule has 6 heteroatoms. The molecule has 0 atom stereocenters. The van der Waals surface area contributed by atoms with Crippen molar-refractivity contribution in [3.05, 3.63) is 95.5 Å². The molecule has 5 nitrogen and oxygen atoms in total. The van der Waals surface area contributed by atoms with Crippen LogP contribution in [0.25, 0.3) is 54.9 Å². The van der Waals surface area contributed by atoms with Gasteiger partial charge in [-0.2, -0.15) is 4.98 Å². The van der Waals surface area contributed by atoms with Gasteiger partial charge < -0.3 is 9.52 Å². The third kappa shape index (κ3) is 8.84. The van der Waals surface area contributed by atoms with E-state index >= 15 is 0 Å². The zero-order chi connectivity index (χ0) is 37.0. The molecule has 0 spiro atoms. The van der Waals surface area contributed by atoms with Crippen LogP contribution in [0.1, 0.15) is 105 Å². The maximum absolute atomic E-state index is 11.7. The Morgan fingerprint density at radius 2 is 1.52 bits per heavy atom. The Bertz CT molecular complexity index is 2200. The van der Waals surface area contributed by atoms with Crippen LogP contribution in [-0.4, -0.2) is 20.9 Å². The summed E-state index contributed by atoms with van der Waals surface area (Å²) in [5.74, 6) is 1.84. The molecule has 1 N–H and O–H groups in total. The summed E-state index contributed by atoms with van der Waals surface area (Å²) in [7, 11) is 0. The number of allylic oxidation sites excluding steroid dienone is 2. The third-order valence-electron chi connectivity index (χ3n) is 10.1. The molecule has 52 heavy (non-hydrogen) atoms. The fraction of sp³-hybridized carbons (Fsp3) is 0.413. The second kappa shape index (κ2) is 17.3. The molecular weight excluding hydrogens is 821 g/mol. The van der Waals surface area contributed by atoms with Crippen molar-refractivity contribution in [3.63, 3.8) is 0 Å². The van der Waals surface area contributed by atoms with Gasteiger partial charge in [-0.25, -0.2) is 0 Å². The summed E-state index contributed by atoms with van der Waals surface area (Å²) in [6, 6.07) is 25.4. The first kappa shape index (κ1) is 40.9. The molecule has 0 aliphatic rings.